The van der Waals surface area contributed by atoms with Crippen molar-refractivity contribution in [3.63, 3.8) is 0 Å². The standard InChI is InChI=1S/C24H21F3N4O6/c1-29-18-10-9-13(11-19(18)37-23(29)36)30(2)28-20(22(34)35)21(33)31(12-32)17-8-4-5-14-15(17)6-3-7-16(14)24(25,26)27/h3,6-7,9-12,17H,4-5,8H2,1-2H3,(H,34,35)/b28-20+. The zero-order chi connectivity index (χ0) is 27.1. The highest BCUT2D eigenvalue weighted by Gasteiger charge is 2.39. The van der Waals surface area contributed by atoms with Crippen LogP contribution in [0.5, 0.6) is 0 Å². The van der Waals surface area contributed by atoms with Gasteiger partial charge in [-0.2, -0.15) is 18.3 Å². The number of aryl methyl sites for hydroxylation is 1. The fourth-order valence-electron chi connectivity index (χ4n) is 4.47. The second kappa shape index (κ2) is 9.56. The smallest absolute Gasteiger partial charge is 0.419 e. The molecule has 1 unspecified atom stereocenters. The number of anilines is 1. The van der Waals surface area contributed by atoms with Crippen molar-refractivity contribution < 1.29 is 37.1 Å². The van der Waals surface area contributed by atoms with Crippen LogP contribution in [0.15, 0.2) is 50.7 Å². The van der Waals surface area contributed by atoms with Crippen LogP contribution >= 0.6 is 0 Å². The van der Waals surface area contributed by atoms with E-state index in [1.807, 2.05) is 0 Å². The summed E-state index contributed by atoms with van der Waals surface area (Å²) >= 11 is 0. The number of halogens is 3. The normalized spacial score (nSPS) is 15.8. The van der Waals surface area contributed by atoms with E-state index in [1.165, 1.54) is 42.9 Å². The molecule has 1 aromatic heterocycles. The lowest BCUT2D eigenvalue weighted by Gasteiger charge is -2.33. The number of carbonyl (C=O) groups excluding carboxylic acids is 2. The van der Waals surface area contributed by atoms with Crippen molar-refractivity contribution in [3.05, 3.63) is 63.6 Å². The number of nitrogens with zero attached hydrogens (tertiary/aromatic N) is 4. The van der Waals surface area contributed by atoms with E-state index >= 15 is 0 Å². The largest absolute Gasteiger partial charge is 0.476 e. The Kier molecular flexibility index (Phi) is 6.63. The summed E-state index contributed by atoms with van der Waals surface area (Å²) in [5.41, 5.74) is -0.847. The summed E-state index contributed by atoms with van der Waals surface area (Å²) in [5, 5.41) is 14.6. The van der Waals surface area contributed by atoms with Crippen LogP contribution in [-0.4, -0.2) is 45.6 Å². The van der Waals surface area contributed by atoms with Gasteiger partial charge in [-0.05, 0) is 48.6 Å². The molecule has 0 spiro atoms. The van der Waals surface area contributed by atoms with Crippen LogP contribution in [0.4, 0.5) is 18.9 Å². The van der Waals surface area contributed by atoms with Crippen LogP contribution in [-0.2, 0) is 34.0 Å². The SMILES string of the molecule is CN(/N=C(/C(=O)O)C(=O)N(C=O)C1CCCc2c1cccc2C(F)(F)F)c1ccc2c(c1)oc(=O)n2C. The first kappa shape index (κ1) is 25.7. The first-order chi connectivity index (χ1) is 17.4. The number of hydrazone groups is 1. The lowest BCUT2D eigenvalue weighted by Crippen LogP contribution is -2.43. The van der Waals surface area contributed by atoms with E-state index in [-0.39, 0.29) is 48.1 Å². The minimum absolute atomic E-state index is 0.0329. The number of alkyl halides is 3. The molecule has 0 saturated heterocycles. The van der Waals surface area contributed by atoms with Crippen molar-refractivity contribution in [2.75, 3.05) is 12.1 Å². The van der Waals surface area contributed by atoms with Gasteiger partial charge >= 0.3 is 17.9 Å². The number of hydrogen-bond donors (Lipinski definition) is 1. The summed E-state index contributed by atoms with van der Waals surface area (Å²) < 4.78 is 47.0. The van der Waals surface area contributed by atoms with Gasteiger partial charge in [0.15, 0.2) is 5.58 Å². The number of carbonyl (C=O) groups is 3. The van der Waals surface area contributed by atoms with Crippen molar-refractivity contribution in [2.45, 2.75) is 31.5 Å². The first-order valence-corrected chi connectivity index (χ1v) is 11.1. The fourth-order valence-corrected chi connectivity index (χ4v) is 4.47. The van der Waals surface area contributed by atoms with Crippen LogP contribution in [0.3, 0.4) is 0 Å². The van der Waals surface area contributed by atoms with Gasteiger partial charge in [0, 0.05) is 20.2 Å². The predicted molar refractivity (Wildman–Crippen MR) is 125 cm³/mol. The molecule has 1 heterocycles. The molecule has 2 amide bonds. The zero-order valence-corrected chi connectivity index (χ0v) is 19.7. The second-order valence-electron chi connectivity index (χ2n) is 8.45. The molecular weight excluding hydrogens is 497 g/mol. The minimum atomic E-state index is -4.63. The maximum Gasteiger partial charge on any atom is 0.419 e. The Morgan fingerprint density at radius 1 is 1.24 bits per heavy atom. The third kappa shape index (κ3) is 4.71. The molecule has 0 saturated carbocycles. The van der Waals surface area contributed by atoms with Gasteiger partial charge in [-0.25, -0.2) is 9.59 Å². The van der Waals surface area contributed by atoms with Gasteiger partial charge < -0.3 is 9.52 Å². The average molecular weight is 518 g/mol. The van der Waals surface area contributed by atoms with Crippen molar-refractivity contribution in [2.24, 2.45) is 12.1 Å². The molecule has 37 heavy (non-hydrogen) atoms. The monoisotopic (exact) mass is 518 g/mol. The summed E-state index contributed by atoms with van der Waals surface area (Å²) in [7, 11) is 2.85. The van der Waals surface area contributed by atoms with E-state index in [2.05, 4.69) is 5.10 Å². The van der Waals surface area contributed by atoms with Gasteiger partial charge in [-0.1, -0.05) is 12.1 Å². The summed E-state index contributed by atoms with van der Waals surface area (Å²) in [6.07, 6.45) is -4.01. The molecule has 13 heteroatoms. The Morgan fingerprint density at radius 2 is 1.97 bits per heavy atom. The van der Waals surface area contributed by atoms with Gasteiger partial charge in [-0.15, -0.1) is 0 Å². The molecule has 0 radical (unpaired) electrons. The zero-order valence-electron chi connectivity index (χ0n) is 19.7. The predicted octanol–water partition coefficient (Wildman–Crippen LogP) is 3.09. The molecule has 0 bridgehead atoms. The number of aliphatic carboxylic acids is 1. The molecule has 1 atom stereocenters. The van der Waals surface area contributed by atoms with E-state index in [0.29, 0.717) is 10.4 Å². The van der Waals surface area contributed by atoms with E-state index in [9.17, 15) is 37.5 Å². The number of amides is 2. The molecule has 0 aliphatic heterocycles. The van der Waals surface area contributed by atoms with Gasteiger partial charge in [0.05, 0.1) is 22.8 Å². The molecule has 3 aromatic rings. The van der Waals surface area contributed by atoms with Crippen LogP contribution < -0.4 is 10.8 Å². The minimum Gasteiger partial charge on any atom is -0.476 e. The topological polar surface area (TPSA) is 125 Å². The number of carboxylic acid groups (broad SMARTS) is 1. The van der Waals surface area contributed by atoms with Gasteiger partial charge in [0.2, 0.25) is 12.1 Å². The molecule has 1 aliphatic rings. The van der Waals surface area contributed by atoms with Crippen LogP contribution in [0.2, 0.25) is 0 Å². The number of aromatic nitrogens is 1. The quantitative estimate of drug-likeness (QED) is 0.230. The van der Waals surface area contributed by atoms with Crippen molar-refractivity contribution in [3.8, 4) is 0 Å². The number of benzene rings is 2. The molecular formula is C24H21F3N4O6. The fraction of sp³-hybridized carbons (Fsp3) is 0.292. The molecule has 1 aliphatic carbocycles. The molecule has 2 aromatic carbocycles. The second-order valence-corrected chi connectivity index (χ2v) is 8.45. The summed E-state index contributed by atoms with van der Waals surface area (Å²) in [5.74, 6) is -3.63. The van der Waals surface area contributed by atoms with Crippen LogP contribution in [0.1, 0.15) is 35.6 Å². The highest BCUT2D eigenvalue weighted by Crippen LogP contribution is 2.41. The number of carboxylic acids is 1. The number of oxazole rings is 1. The van der Waals surface area contributed by atoms with E-state index in [4.69, 9.17) is 4.42 Å². The molecule has 1 N–H and O–H groups in total. The average Bonchev–Trinajstić information content (AvgIpc) is 3.14. The third-order valence-electron chi connectivity index (χ3n) is 6.27. The summed E-state index contributed by atoms with van der Waals surface area (Å²) in [6, 6.07) is 6.88. The summed E-state index contributed by atoms with van der Waals surface area (Å²) in [6.45, 7) is 0. The van der Waals surface area contributed by atoms with Crippen molar-refractivity contribution in [1.29, 1.82) is 0 Å². The van der Waals surface area contributed by atoms with Crippen LogP contribution in [0, 0.1) is 0 Å². The highest BCUT2D eigenvalue weighted by atomic mass is 19.4. The lowest BCUT2D eigenvalue weighted by molar-refractivity contribution is -0.138. The molecule has 10 nitrogen and oxygen atoms in total. The van der Waals surface area contributed by atoms with Gasteiger partial charge in [0.1, 0.15) is 0 Å². The Labute approximate surface area is 207 Å². The Hall–Kier alpha value is -4.42. The number of imide groups is 1. The Morgan fingerprint density at radius 3 is 2.62 bits per heavy atom. The maximum absolute atomic E-state index is 13.5. The third-order valence-corrected chi connectivity index (χ3v) is 6.27. The molecule has 0 fully saturated rings. The van der Waals surface area contributed by atoms with Gasteiger partial charge in [-0.3, -0.25) is 24.1 Å². The molecule has 194 valence electrons. The van der Waals surface area contributed by atoms with Crippen LogP contribution in [0.25, 0.3) is 11.1 Å². The van der Waals surface area contributed by atoms with Crippen molar-refractivity contribution in [1.82, 2.24) is 9.47 Å². The Balaban J connectivity index is 1.70. The lowest BCUT2D eigenvalue weighted by atomic mass is 9.84. The first-order valence-electron chi connectivity index (χ1n) is 11.1. The van der Waals surface area contributed by atoms with Crippen molar-refractivity contribution >= 4 is 40.8 Å². The number of hydrogen-bond acceptors (Lipinski definition) is 7. The molecule has 4 rings (SSSR count). The van der Waals surface area contributed by atoms with E-state index in [0.717, 1.165) is 11.1 Å². The number of fused-ring (bicyclic) bond motifs is 2. The summed E-state index contributed by atoms with van der Waals surface area (Å²) in [4.78, 5) is 49.5. The number of rotatable bonds is 6. The van der Waals surface area contributed by atoms with Gasteiger partial charge in [0.25, 0.3) is 5.91 Å². The maximum atomic E-state index is 13.5. The Bertz CT molecular complexity index is 1490. The highest BCUT2D eigenvalue weighted by molar-refractivity contribution is 6.64. The van der Waals surface area contributed by atoms with E-state index < -0.39 is 41.1 Å². The van der Waals surface area contributed by atoms with E-state index in [1.54, 1.807) is 6.07 Å².